The number of hydrogen-bond donors (Lipinski definition) is 0. The highest BCUT2D eigenvalue weighted by Crippen LogP contribution is 2.11. The van der Waals surface area contributed by atoms with Crippen molar-refractivity contribution in [2.24, 2.45) is 5.92 Å². The molecular formula is C8H12O. The SMILES string of the molecule is Cc1c(CC(C)C)c1=O. The maximum Gasteiger partial charge on any atom is 0.185 e. The molecule has 0 aliphatic rings. The third-order valence-electron chi connectivity index (χ3n) is 1.62. The van der Waals surface area contributed by atoms with E-state index >= 15 is 0 Å². The molecule has 0 heterocycles. The highest BCUT2D eigenvalue weighted by molar-refractivity contribution is 5.37. The molecule has 0 unspecified atom stereocenters. The van der Waals surface area contributed by atoms with Crippen LogP contribution in [-0.4, -0.2) is 0 Å². The van der Waals surface area contributed by atoms with Crippen LogP contribution in [0.4, 0.5) is 0 Å². The topological polar surface area (TPSA) is 17.1 Å². The van der Waals surface area contributed by atoms with Crippen LogP contribution in [0.1, 0.15) is 25.0 Å². The minimum atomic E-state index is 0.309. The van der Waals surface area contributed by atoms with Gasteiger partial charge < -0.3 is 0 Å². The zero-order valence-corrected chi connectivity index (χ0v) is 6.19. The zero-order valence-electron chi connectivity index (χ0n) is 6.19. The highest BCUT2D eigenvalue weighted by atomic mass is 16.1. The van der Waals surface area contributed by atoms with Gasteiger partial charge in [-0.25, -0.2) is 0 Å². The molecule has 1 nitrogen and oxygen atoms in total. The van der Waals surface area contributed by atoms with E-state index in [1.165, 1.54) is 0 Å². The normalized spacial score (nSPS) is 11.6. The lowest BCUT2D eigenvalue weighted by atomic mass is 10.1. The summed E-state index contributed by atoms with van der Waals surface area (Å²) in [6.45, 7) is 6.16. The first-order valence-corrected chi connectivity index (χ1v) is 3.37. The van der Waals surface area contributed by atoms with E-state index in [-0.39, 0.29) is 0 Å². The van der Waals surface area contributed by atoms with Gasteiger partial charge >= 0.3 is 0 Å². The lowest BCUT2D eigenvalue weighted by Crippen LogP contribution is -1.91. The maximum absolute atomic E-state index is 10.7. The Bertz CT molecular complexity index is 214. The minimum absolute atomic E-state index is 0.309. The molecule has 0 N–H and O–H groups in total. The second-order valence-electron chi connectivity index (χ2n) is 3.03. The number of hydrogen-bond acceptors (Lipinski definition) is 1. The smallest absolute Gasteiger partial charge is 0.185 e. The molecule has 0 atom stereocenters. The summed E-state index contributed by atoms with van der Waals surface area (Å²) >= 11 is 0. The van der Waals surface area contributed by atoms with Crippen molar-refractivity contribution in [3.63, 3.8) is 0 Å². The molecule has 9 heavy (non-hydrogen) atoms. The lowest BCUT2D eigenvalue weighted by molar-refractivity contribution is 0.652. The third kappa shape index (κ3) is 1.21. The first kappa shape index (κ1) is 6.53. The Hall–Kier alpha value is -0.590. The van der Waals surface area contributed by atoms with Crippen LogP contribution >= 0.6 is 0 Å². The molecule has 0 radical (unpaired) electrons. The van der Waals surface area contributed by atoms with Gasteiger partial charge in [0.05, 0.1) is 0 Å². The van der Waals surface area contributed by atoms with E-state index in [9.17, 15) is 4.79 Å². The van der Waals surface area contributed by atoms with E-state index in [4.69, 9.17) is 0 Å². The van der Waals surface area contributed by atoms with Gasteiger partial charge in [0.1, 0.15) is 0 Å². The molecule has 0 fully saturated rings. The molecule has 1 rings (SSSR count). The summed E-state index contributed by atoms with van der Waals surface area (Å²) in [5, 5.41) is 0. The quantitative estimate of drug-likeness (QED) is 0.583. The van der Waals surface area contributed by atoms with Crippen LogP contribution in [0.25, 0.3) is 0 Å². The summed E-state index contributed by atoms with van der Waals surface area (Å²) in [4.78, 5) is 10.7. The molecule has 50 valence electrons. The van der Waals surface area contributed by atoms with Crippen LogP contribution in [-0.2, 0) is 6.42 Å². The van der Waals surface area contributed by atoms with Gasteiger partial charge in [-0.2, -0.15) is 0 Å². The Labute approximate surface area is 55.4 Å². The molecule has 1 heteroatoms. The van der Waals surface area contributed by atoms with Gasteiger partial charge in [-0.1, -0.05) is 13.8 Å². The summed E-state index contributed by atoms with van der Waals surface area (Å²) in [7, 11) is 0. The molecule has 0 saturated carbocycles. The maximum atomic E-state index is 10.7. The average molecular weight is 124 g/mol. The summed E-state index contributed by atoms with van der Waals surface area (Å²) in [5.41, 5.74) is 2.39. The van der Waals surface area contributed by atoms with Crippen molar-refractivity contribution < 1.29 is 0 Å². The van der Waals surface area contributed by atoms with Gasteiger partial charge in [0.15, 0.2) is 5.43 Å². The van der Waals surface area contributed by atoms with Crippen molar-refractivity contribution in [1.82, 2.24) is 0 Å². The molecular weight excluding hydrogens is 112 g/mol. The standard InChI is InChI=1S/C8H12O/c1-5(2)4-7-6(3)8(7)9/h5H,4H2,1-3H3. The number of rotatable bonds is 2. The van der Waals surface area contributed by atoms with Crippen LogP contribution in [0.5, 0.6) is 0 Å². The Morgan fingerprint density at radius 1 is 1.44 bits per heavy atom. The van der Waals surface area contributed by atoms with E-state index < -0.39 is 0 Å². The zero-order chi connectivity index (χ0) is 7.02. The third-order valence-corrected chi connectivity index (χ3v) is 1.62. The minimum Gasteiger partial charge on any atom is -0.289 e. The highest BCUT2D eigenvalue weighted by Gasteiger charge is 2.17. The fraction of sp³-hybridized carbons (Fsp3) is 0.625. The van der Waals surface area contributed by atoms with Crippen LogP contribution in [0, 0.1) is 12.8 Å². The van der Waals surface area contributed by atoms with E-state index in [2.05, 4.69) is 13.8 Å². The van der Waals surface area contributed by atoms with Gasteiger partial charge in [-0.15, -0.1) is 0 Å². The van der Waals surface area contributed by atoms with Crippen LogP contribution in [0.3, 0.4) is 0 Å². The van der Waals surface area contributed by atoms with Crippen molar-refractivity contribution in [3.05, 3.63) is 21.4 Å². The molecule has 1 aromatic carbocycles. The van der Waals surface area contributed by atoms with Gasteiger partial charge in [0.25, 0.3) is 0 Å². The molecule has 0 spiro atoms. The molecule has 0 aliphatic heterocycles. The fourth-order valence-corrected chi connectivity index (χ4v) is 0.962. The van der Waals surface area contributed by atoms with E-state index in [0.717, 1.165) is 17.5 Å². The van der Waals surface area contributed by atoms with Gasteiger partial charge in [0, 0.05) is 11.1 Å². The Morgan fingerprint density at radius 2 is 1.89 bits per heavy atom. The van der Waals surface area contributed by atoms with Crippen LogP contribution < -0.4 is 5.43 Å². The van der Waals surface area contributed by atoms with Gasteiger partial charge in [0.2, 0.25) is 0 Å². The lowest BCUT2D eigenvalue weighted by Gasteiger charge is -1.94. The predicted octanol–water partition coefficient (Wildman–Crippen LogP) is 1.43. The van der Waals surface area contributed by atoms with Crippen LogP contribution in [0.15, 0.2) is 4.79 Å². The molecule has 0 saturated heterocycles. The fourth-order valence-electron chi connectivity index (χ4n) is 0.962. The summed E-state index contributed by atoms with van der Waals surface area (Å²) in [6, 6.07) is 0. The van der Waals surface area contributed by atoms with Gasteiger partial charge in [-0.3, -0.25) is 4.79 Å². The molecule has 0 amide bonds. The molecule has 0 aromatic heterocycles. The summed E-state index contributed by atoms with van der Waals surface area (Å²) in [5.74, 6) is 0.626. The monoisotopic (exact) mass is 124 g/mol. The molecule has 0 bridgehead atoms. The van der Waals surface area contributed by atoms with E-state index in [1.807, 2.05) is 6.92 Å². The van der Waals surface area contributed by atoms with Crippen molar-refractivity contribution in [2.45, 2.75) is 27.2 Å². The first-order valence-electron chi connectivity index (χ1n) is 3.37. The molecule has 0 aliphatic carbocycles. The summed E-state index contributed by atoms with van der Waals surface area (Å²) in [6.07, 6.45) is 0.977. The summed E-state index contributed by atoms with van der Waals surface area (Å²) < 4.78 is 0. The Kier molecular flexibility index (Phi) is 1.43. The van der Waals surface area contributed by atoms with Gasteiger partial charge in [-0.05, 0) is 19.3 Å². The van der Waals surface area contributed by atoms with Crippen molar-refractivity contribution in [1.29, 1.82) is 0 Å². The largest absolute Gasteiger partial charge is 0.289 e. The van der Waals surface area contributed by atoms with E-state index in [1.54, 1.807) is 0 Å². The Balaban J connectivity index is 2.51. The predicted molar refractivity (Wildman–Crippen MR) is 38.4 cm³/mol. The van der Waals surface area contributed by atoms with Crippen LogP contribution in [0.2, 0.25) is 0 Å². The average Bonchev–Trinajstić information content (AvgIpc) is 2.22. The second-order valence-corrected chi connectivity index (χ2v) is 3.03. The Morgan fingerprint density at radius 3 is 2.00 bits per heavy atom. The van der Waals surface area contributed by atoms with Crippen molar-refractivity contribution in [3.8, 4) is 0 Å². The second kappa shape index (κ2) is 1.98. The van der Waals surface area contributed by atoms with E-state index in [0.29, 0.717) is 11.3 Å². The van der Waals surface area contributed by atoms with Crippen molar-refractivity contribution >= 4 is 0 Å². The molecule has 1 aromatic rings. The first-order chi connectivity index (χ1) is 4.13. The van der Waals surface area contributed by atoms with Crippen molar-refractivity contribution in [2.75, 3.05) is 0 Å².